The summed E-state index contributed by atoms with van der Waals surface area (Å²) < 4.78 is 27.2. The van der Waals surface area contributed by atoms with Gasteiger partial charge in [-0.2, -0.15) is 0 Å². The lowest BCUT2D eigenvalue weighted by Crippen LogP contribution is -2.37. The van der Waals surface area contributed by atoms with Gasteiger partial charge in [-0.05, 0) is 36.6 Å². The first kappa shape index (κ1) is 18.4. The third kappa shape index (κ3) is 3.58. The standard InChI is InChI=1S/C19H22N2O4S/c1-21(26(24,25)16-9-3-2-4-10-16)15-8-5-7-14(13-15)17-11-6-12-20-18(17)19(22)23/h5-8,11-13,16H,2-4,9-10H2,1H3,(H,22,23). The van der Waals surface area contributed by atoms with Crippen molar-refractivity contribution >= 4 is 21.7 Å². The molecule has 138 valence electrons. The zero-order chi connectivity index (χ0) is 18.7. The number of anilines is 1. The van der Waals surface area contributed by atoms with Crippen LogP contribution in [0, 0.1) is 0 Å². The number of aromatic carboxylic acids is 1. The van der Waals surface area contributed by atoms with E-state index in [1.54, 1.807) is 43.4 Å². The minimum Gasteiger partial charge on any atom is -0.476 e. The van der Waals surface area contributed by atoms with Crippen LogP contribution in [0.3, 0.4) is 0 Å². The van der Waals surface area contributed by atoms with Crippen molar-refractivity contribution in [2.24, 2.45) is 0 Å². The number of benzene rings is 1. The van der Waals surface area contributed by atoms with E-state index in [1.807, 2.05) is 0 Å². The van der Waals surface area contributed by atoms with E-state index in [1.165, 1.54) is 10.5 Å². The van der Waals surface area contributed by atoms with Crippen LogP contribution in [0.15, 0.2) is 42.6 Å². The second-order valence-electron chi connectivity index (χ2n) is 6.53. The third-order valence-corrected chi connectivity index (χ3v) is 7.17. The highest BCUT2D eigenvalue weighted by atomic mass is 32.2. The Morgan fingerprint density at radius 1 is 1.15 bits per heavy atom. The van der Waals surface area contributed by atoms with Gasteiger partial charge in [0.2, 0.25) is 10.0 Å². The molecule has 0 radical (unpaired) electrons. The summed E-state index contributed by atoms with van der Waals surface area (Å²) in [6.07, 6.45) is 5.78. The summed E-state index contributed by atoms with van der Waals surface area (Å²) in [7, 11) is -1.88. The van der Waals surface area contributed by atoms with Gasteiger partial charge in [0, 0.05) is 18.8 Å². The molecule has 1 N–H and O–H groups in total. The molecule has 6 nitrogen and oxygen atoms in total. The highest BCUT2D eigenvalue weighted by molar-refractivity contribution is 7.93. The maximum atomic E-state index is 12.9. The van der Waals surface area contributed by atoms with Gasteiger partial charge >= 0.3 is 5.97 Å². The first-order valence-corrected chi connectivity index (χ1v) is 10.2. The minimum absolute atomic E-state index is 0.0533. The van der Waals surface area contributed by atoms with Gasteiger partial charge in [-0.3, -0.25) is 4.31 Å². The normalized spacial score (nSPS) is 15.6. The lowest BCUT2D eigenvalue weighted by molar-refractivity contribution is 0.0691. The van der Waals surface area contributed by atoms with Gasteiger partial charge in [-0.1, -0.05) is 37.5 Å². The molecule has 1 aromatic carbocycles. The van der Waals surface area contributed by atoms with Gasteiger partial charge in [0.05, 0.1) is 10.9 Å². The van der Waals surface area contributed by atoms with E-state index in [2.05, 4.69) is 4.98 Å². The van der Waals surface area contributed by atoms with Crippen molar-refractivity contribution < 1.29 is 18.3 Å². The fourth-order valence-corrected chi connectivity index (χ4v) is 5.20. The number of pyridine rings is 1. The van der Waals surface area contributed by atoms with E-state index in [0.717, 1.165) is 19.3 Å². The number of carboxylic acid groups (broad SMARTS) is 1. The summed E-state index contributed by atoms with van der Waals surface area (Å²) in [6.45, 7) is 0. The summed E-state index contributed by atoms with van der Waals surface area (Å²) in [4.78, 5) is 15.3. The molecular formula is C19H22N2O4S. The fourth-order valence-electron chi connectivity index (χ4n) is 3.41. The Kier molecular flexibility index (Phi) is 5.27. The molecule has 0 spiro atoms. The molecule has 0 aliphatic heterocycles. The Labute approximate surface area is 153 Å². The zero-order valence-corrected chi connectivity index (χ0v) is 15.4. The summed E-state index contributed by atoms with van der Waals surface area (Å²) in [5, 5.41) is 8.99. The Hall–Kier alpha value is -2.41. The van der Waals surface area contributed by atoms with Gasteiger partial charge in [0.1, 0.15) is 0 Å². The molecule has 1 fully saturated rings. The van der Waals surface area contributed by atoms with Crippen LogP contribution in [0.2, 0.25) is 0 Å². The molecule has 3 rings (SSSR count). The second kappa shape index (κ2) is 7.45. The maximum Gasteiger partial charge on any atom is 0.355 e. The van der Waals surface area contributed by atoms with Crippen LogP contribution in [0.1, 0.15) is 42.6 Å². The van der Waals surface area contributed by atoms with Crippen LogP contribution in [0.4, 0.5) is 5.69 Å². The number of carboxylic acids is 1. The van der Waals surface area contributed by atoms with Crippen LogP contribution in [-0.4, -0.2) is 36.8 Å². The molecule has 0 unspecified atom stereocenters. The van der Waals surface area contributed by atoms with Crippen molar-refractivity contribution in [2.45, 2.75) is 37.4 Å². The van der Waals surface area contributed by atoms with E-state index in [-0.39, 0.29) is 10.9 Å². The minimum atomic E-state index is -3.44. The number of sulfonamides is 1. The SMILES string of the molecule is CN(c1cccc(-c2cccnc2C(=O)O)c1)S(=O)(=O)C1CCCCC1. The molecular weight excluding hydrogens is 352 g/mol. The summed E-state index contributed by atoms with van der Waals surface area (Å²) in [5.74, 6) is -1.12. The second-order valence-corrected chi connectivity index (χ2v) is 8.77. The molecule has 0 amide bonds. The Bertz CT molecular complexity index is 905. The van der Waals surface area contributed by atoms with Gasteiger partial charge < -0.3 is 5.11 Å². The topological polar surface area (TPSA) is 87.6 Å². The molecule has 1 aromatic heterocycles. The van der Waals surface area contributed by atoms with Crippen LogP contribution in [0.25, 0.3) is 11.1 Å². The van der Waals surface area contributed by atoms with Crippen LogP contribution < -0.4 is 4.31 Å². The lowest BCUT2D eigenvalue weighted by atomic mass is 10.0. The fraction of sp³-hybridized carbons (Fsp3) is 0.368. The highest BCUT2D eigenvalue weighted by Crippen LogP contribution is 2.31. The summed E-state index contributed by atoms with van der Waals surface area (Å²) >= 11 is 0. The van der Waals surface area contributed by atoms with Crippen molar-refractivity contribution in [3.63, 3.8) is 0 Å². The number of hydrogen-bond acceptors (Lipinski definition) is 4. The highest BCUT2D eigenvalue weighted by Gasteiger charge is 2.31. The average Bonchev–Trinajstić information content (AvgIpc) is 2.68. The van der Waals surface area contributed by atoms with Crippen molar-refractivity contribution in [1.29, 1.82) is 0 Å². The lowest BCUT2D eigenvalue weighted by Gasteiger charge is -2.28. The number of carbonyl (C=O) groups is 1. The molecule has 1 saturated carbocycles. The number of rotatable bonds is 5. The molecule has 0 saturated heterocycles. The molecule has 1 aliphatic rings. The third-order valence-electron chi connectivity index (χ3n) is 4.89. The molecule has 0 bridgehead atoms. The smallest absolute Gasteiger partial charge is 0.355 e. The van der Waals surface area contributed by atoms with Crippen molar-refractivity contribution in [1.82, 2.24) is 4.98 Å². The van der Waals surface area contributed by atoms with Crippen molar-refractivity contribution in [3.05, 3.63) is 48.3 Å². The van der Waals surface area contributed by atoms with Crippen molar-refractivity contribution in [3.8, 4) is 11.1 Å². The molecule has 1 aliphatic carbocycles. The quantitative estimate of drug-likeness (QED) is 0.865. The monoisotopic (exact) mass is 374 g/mol. The molecule has 26 heavy (non-hydrogen) atoms. The summed E-state index contributed by atoms with van der Waals surface area (Å²) in [5.41, 5.74) is 1.56. The van der Waals surface area contributed by atoms with E-state index in [0.29, 0.717) is 29.7 Å². The predicted molar refractivity (Wildman–Crippen MR) is 101 cm³/mol. The van der Waals surface area contributed by atoms with Crippen LogP contribution in [0.5, 0.6) is 0 Å². The van der Waals surface area contributed by atoms with Crippen molar-refractivity contribution in [2.75, 3.05) is 11.4 Å². The van der Waals surface area contributed by atoms with Gasteiger partial charge in [0.25, 0.3) is 0 Å². The van der Waals surface area contributed by atoms with E-state index in [9.17, 15) is 18.3 Å². The largest absolute Gasteiger partial charge is 0.476 e. The maximum absolute atomic E-state index is 12.9. The van der Waals surface area contributed by atoms with Crippen LogP contribution in [-0.2, 0) is 10.0 Å². The molecule has 2 aromatic rings. The van der Waals surface area contributed by atoms with E-state index < -0.39 is 16.0 Å². The Morgan fingerprint density at radius 2 is 1.88 bits per heavy atom. The first-order chi connectivity index (χ1) is 12.4. The number of aromatic nitrogens is 1. The van der Waals surface area contributed by atoms with Gasteiger partial charge in [-0.15, -0.1) is 0 Å². The van der Waals surface area contributed by atoms with Gasteiger partial charge in [-0.25, -0.2) is 18.2 Å². The van der Waals surface area contributed by atoms with E-state index in [4.69, 9.17) is 0 Å². The van der Waals surface area contributed by atoms with E-state index >= 15 is 0 Å². The zero-order valence-electron chi connectivity index (χ0n) is 14.6. The molecule has 1 heterocycles. The summed E-state index contributed by atoms with van der Waals surface area (Å²) in [6, 6.07) is 10.2. The average molecular weight is 374 g/mol. The van der Waals surface area contributed by atoms with Gasteiger partial charge in [0.15, 0.2) is 5.69 Å². The predicted octanol–water partition coefficient (Wildman–Crippen LogP) is 3.55. The molecule has 0 atom stereocenters. The van der Waals surface area contributed by atoms with Crippen LogP contribution >= 0.6 is 0 Å². The first-order valence-electron chi connectivity index (χ1n) is 8.68. The number of nitrogens with zero attached hydrogens (tertiary/aromatic N) is 2. The molecule has 7 heteroatoms. The number of hydrogen-bond donors (Lipinski definition) is 1. The Balaban J connectivity index is 1.96. The Morgan fingerprint density at radius 3 is 2.58 bits per heavy atom.